The molecule has 0 rings (SSSR count). The molecule has 0 saturated heterocycles. The van der Waals surface area contributed by atoms with Crippen LogP contribution in [0.2, 0.25) is 0 Å². The topological polar surface area (TPSA) is 99.1 Å². The first-order valence-corrected chi connectivity index (χ1v) is 18.6. The number of carboxylic acids is 1. The standard InChI is InChI=1S/C39H69NO7/c1-6-8-10-12-14-16-17-18-19-20-21-22-24-26-28-30-38(42)47-35(33-45-32-31-36(39(43)44)40(3,4)5)34-46-37(41)29-27-25-23-15-13-11-9-7-2/h8,10,12,14,16-17,35-36H,6-7,9,11,13,15,18-34H2,1-5H3/p+1/b10-8+,14-12+,17-16+. The molecular formula is C39H70NO7+. The number of rotatable bonds is 32. The summed E-state index contributed by atoms with van der Waals surface area (Å²) >= 11 is 0. The molecule has 0 aromatic heterocycles. The van der Waals surface area contributed by atoms with Gasteiger partial charge in [0, 0.05) is 19.3 Å². The fraction of sp³-hybridized carbons (Fsp3) is 0.769. The van der Waals surface area contributed by atoms with Gasteiger partial charge in [-0.15, -0.1) is 0 Å². The normalized spacial score (nSPS) is 13.5. The van der Waals surface area contributed by atoms with E-state index in [-0.39, 0.29) is 36.2 Å². The minimum atomic E-state index is -0.879. The molecule has 0 fully saturated rings. The zero-order chi connectivity index (χ0) is 35.0. The lowest BCUT2D eigenvalue weighted by Crippen LogP contribution is -2.50. The van der Waals surface area contributed by atoms with Crippen LogP contribution in [0.15, 0.2) is 36.5 Å². The Morgan fingerprint density at radius 3 is 1.74 bits per heavy atom. The van der Waals surface area contributed by atoms with Crippen molar-refractivity contribution in [3.05, 3.63) is 36.5 Å². The molecule has 0 bridgehead atoms. The summed E-state index contributed by atoms with van der Waals surface area (Å²) in [6.45, 7) is 4.54. The molecule has 0 spiro atoms. The zero-order valence-corrected chi connectivity index (χ0v) is 30.7. The maximum atomic E-state index is 12.6. The number of esters is 2. The quantitative estimate of drug-likeness (QED) is 0.0331. The van der Waals surface area contributed by atoms with Crippen molar-refractivity contribution in [3.63, 3.8) is 0 Å². The maximum Gasteiger partial charge on any atom is 0.362 e. The maximum absolute atomic E-state index is 12.6. The predicted octanol–water partition coefficient (Wildman–Crippen LogP) is 9.13. The highest BCUT2D eigenvalue weighted by Crippen LogP contribution is 2.13. The summed E-state index contributed by atoms with van der Waals surface area (Å²) in [5.74, 6) is -1.49. The number of aliphatic carboxylic acids is 1. The van der Waals surface area contributed by atoms with E-state index >= 15 is 0 Å². The summed E-state index contributed by atoms with van der Waals surface area (Å²) in [5.41, 5.74) is 0. The van der Waals surface area contributed by atoms with Gasteiger partial charge >= 0.3 is 17.9 Å². The summed E-state index contributed by atoms with van der Waals surface area (Å²) < 4.78 is 17.1. The number of carbonyl (C=O) groups excluding carboxylic acids is 2. The molecule has 0 amide bonds. The number of hydrogen-bond acceptors (Lipinski definition) is 6. The van der Waals surface area contributed by atoms with Gasteiger partial charge in [-0.2, -0.15) is 0 Å². The molecule has 8 heteroatoms. The van der Waals surface area contributed by atoms with Crippen molar-refractivity contribution in [3.8, 4) is 0 Å². The van der Waals surface area contributed by atoms with Crippen LogP contribution in [-0.2, 0) is 28.6 Å². The van der Waals surface area contributed by atoms with Gasteiger partial charge in [-0.05, 0) is 32.1 Å². The third kappa shape index (κ3) is 29.4. The van der Waals surface area contributed by atoms with Gasteiger partial charge in [-0.3, -0.25) is 9.59 Å². The van der Waals surface area contributed by atoms with Crippen LogP contribution in [0.1, 0.15) is 142 Å². The van der Waals surface area contributed by atoms with Gasteiger partial charge in [-0.25, -0.2) is 4.79 Å². The van der Waals surface area contributed by atoms with E-state index in [1.165, 1.54) is 51.4 Å². The first kappa shape index (κ1) is 44.5. The number of quaternary nitrogens is 1. The number of ether oxygens (including phenoxy) is 3. The van der Waals surface area contributed by atoms with Crippen LogP contribution >= 0.6 is 0 Å². The van der Waals surface area contributed by atoms with Crippen LogP contribution in [0.5, 0.6) is 0 Å². The monoisotopic (exact) mass is 665 g/mol. The van der Waals surface area contributed by atoms with E-state index in [1.54, 1.807) is 0 Å². The Morgan fingerprint density at radius 2 is 1.19 bits per heavy atom. The van der Waals surface area contributed by atoms with Crippen LogP contribution < -0.4 is 0 Å². The van der Waals surface area contributed by atoms with E-state index < -0.39 is 18.1 Å². The Morgan fingerprint density at radius 1 is 0.660 bits per heavy atom. The molecule has 272 valence electrons. The minimum Gasteiger partial charge on any atom is -0.477 e. The number of carboxylic acid groups (broad SMARTS) is 1. The smallest absolute Gasteiger partial charge is 0.362 e. The average molecular weight is 665 g/mol. The summed E-state index contributed by atoms with van der Waals surface area (Å²) in [7, 11) is 5.50. The highest BCUT2D eigenvalue weighted by atomic mass is 16.6. The van der Waals surface area contributed by atoms with E-state index in [2.05, 4.69) is 50.3 Å². The molecule has 8 nitrogen and oxygen atoms in total. The Hall–Kier alpha value is -2.45. The molecular weight excluding hydrogens is 594 g/mol. The lowest BCUT2D eigenvalue weighted by molar-refractivity contribution is -0.887. The molecule has 1 N–H and O–H groups in total. The fourth-order valence-electron chi connectivity index (χ4n) is 5.21. The van der Waals surface area contributed by atoms with Gasteiger partial charge in [-0.1, -0.05) is 127 Å². The van der Waals surface area contributed by atoms with Crippen LogP contribution in [0.25, 0.3) is 0 Å². The summed E-state index contributed by atoms with van der Waals surface area (Å²) in [4.78, 5) is 36.6. The zero-order valence-electron chi connectivity index (χ0n) is 30.7. The van der Waals surface area contributed by atoms with Crippen molar-refractivity contribution in [2.75, 3.05) is 41.0 Å². The lowest BCUT2D eigenvalue weighted by Gasteiger charge is -2.31. The van der Waals surface area contributed by atoms with Crippen LogP contribution in [0.4, 0.5) is 0 Å². The van der Waals surface area contributed by atoms with E-state index in [1.807, 2.05) is 21.1 Å². The molecule has 2 atom stereocenters. The van der Waals surface area contributed by atoms with Gasteiger partial charge in [0.2, 0.25) is 0 Å². The molecule has 0 heterocycles. The minimum absolute atomic E-state index is 0.0549. The van der Waals surface area contributed by atoms with Gasteiger partial charge in [0.15, 0.2) is 12.1 Å². The van der Waals surface area contributed by atoms with E-state index in [4.69, 9.17) is 14.2 Å². The molecule has 0 radical (unpaired) electrons. The first-order valence-electron chi connectivity index (χ1n) is 18.6. The molecule has 0 aromatic carbocycles. The largest absolute Gasteiger partial charge is 0.477 e. The van der Waals surface area contributed by atoms with Crippen molar-refractivity contribution in [1.82, 2.24) is 0 Å². The Kier molecular flexibility index (Phi) is 29.2. The van der Waals surface area contributed by atoms with Crippen molar-refractivity contribution in [2.45, 2.75) is 154 Å². The number of carbonyl (C=O) groups is 3. The number of allylic oxidation sites excluding steroid dienone is 6. The van der Waals surface area contributed by atoms with E-state index in [9.17, 15) is 19.5 Å². The van der Waals surface area contributed by atoms with E-state index in [0.717, 1.165) is 57.8 Å². The van der Waals surface area contributed by atoms with Gasteiger partial charge in [0.05, 0.1) is 34.4 Å². The van der Waals surface area contributed by atoms with Crippen molar-refractivity contribution >= 4 is 17.9 Å². The van der Waals surface area contributed by atoms with Crippen LogP contribution in [0.3, 0.4) is 0 Å². The molecule has 2 unspecified atom stereocenters. The second kappa shape index (κ2) is 30.9. The first-order chi connectivity index (χ1) is 22.6. The highest BCUT2D eigenvalue weighted by Gasteiger charge is 2.31. The second-order valence-electron chi connectivity index (χ2n) is 13.5. The lowest BCUT2D eigenvalue weighted by atomic mass is 10.1. The third-order valence-electron chi connectivity index (χ3n) is 8.12. The highest BCUT2D eigenvalue weighted by molar-refractivity contribution is 5.72. The fourth-order valence-corrected chi connectivity index (χ4v) is 5.21. The third-order valence-corrected chi connectivity index (χ3v) is 8.12. The molecule has 0 aromatic rings. The number of nitrogens with zero attached hydrogens (tertiary/aromatic N) is 1. The molecule has 0 saturated carbocycles. The number of hydrogen-bond donors (Lipinski definition) is 1. The summed E-state index contributed by atoms with van der Waals surface area (Å²) in [6, 6.07) is -0.613. The number of unbranched alkanes of at least 4 members (excludes halogenated alkanes) is 14. The SMILES string of the molecule is CC/C=C/C=C/C=C/CCCCCCCCCC(=O)OC(COCCC(C(=O)O)[N+](C)(C)C)COC(=O)CCCCCCCCCC. The van der Waals surface area contributed by atoms with Crippen molar-refractivity contribution < 1.29 is 38.2 Å². The molecule has 47 heavy (non-hydrogen) atoms. The van der Waals surface area contributed by atoms with E-state index in [0.29, 0.717) is 19.3 Å². The van der Waals surface area contributed by atoms with Crippen LogP contribution in [0, 0.1) is 0 Å². The van der Waals surface area contributed by atoms with Gasteiger partial charge < -0.3 is 23.8 Å². The number of likely N-dealkylation sites (N-methyl/N-ethyl adjacent to an activating group) is 1. The van der Waals surface area contributed by atoms with Crippen molar-refractivity contribution in [1.29, 1.82) is 0 Å². The molecule has 0 aliphatic rings. The van der Waals surface area contributed by atoms with Crippen LogP contribution in [-0.4, -0.2) is 80.6 Å². The molecule has 0 aliphatic carbocycles. The summed E-state index contributed by atoms with van der Waals surface area (Å²) in [6.07, 6.45) is 31.9. The summed E-state index contributed by atoms with van der Waals surface area (Å²) in [5, 5.41) is 9.56. The Balaban J connectivity index is 4.43. The average Bonchev–Trinajstić information content (AvgIpc) is 3.01. The predicted molar refractivity (Wildman–Crippen MR) is 192 cm³/mol. The van der Waals surface area contributed by atoms with Gasteiger partial charge in [0.1, 0.15) is 6.61 Å². The van der Waals surface area contributed by atoms with Crippen molar-refractivity contribution in [2.24, 2.45) is 0 Å². The Bertz CT molecular complexity index is 875. The molecule has 0 aliphatic heterocycles. The Labute approximate surface area is 287 Å². The second-order valence-corrected chi connectivity index (χ2v) is 13.5. The van der Waals surface area contributed by atoms with Gasteiger partial charge in [0.25, 0.3) is 0 Å².